The molecule has 4 aromatic rings. The van der Waals surface area contributed by atoms with Crippen molar-refractivity contribution >= 4 is 52.7 Å². The average Bonchev–Trinajstić information content (AvgIpc) is 3.31. The minimum atomic E-state index is -0.933. The van der Waals surface area contributed by atoms with Gasteiger partial charge in [-0.15, -0.1) is 0 Å². The van der Waals surface area contributed by atoms with Crippen molar-refractivity contribution in [2.24, 2.45) is 0 Å². The molecule has 0 saturated heterocycles. The highest BCUT2D eigenvalue weighted by Gasteiger charge is 2.17. The van der Waals surface area contributed by atoms with E-state index >= 15 is 0 Å². The van der Waals surface area contributed by atoms with Crippen molar-refractivity contribution in [3.05, 3.63) is 81.8 Å². The van der Waals surface area contributed by atoms with Gasteiger partial charge in [0, 0.05) is 15.6 Å². The van der Waals surface area contributed by atoms with Crippen LogP contribution in [0.15, 0.2) is 65.1 Å². The Balaban J connectivity index is 0.000000559. The molecule has 3 aromatic carbocycles. The first-order valence-electron chi connectivity index (χ1n) is 12.1. The monoisotopic (exact) mass is 586 g/mol. The van der Waals surface area contributed by atoms with Gasteiger partial charge in [0.15, 0.2) is 5.58 Å². The molecule has 0 aliphatic heterocycles. The maximum atomic E-state index is 12.6. The Bertz CT molecular complexity index is 1470. The van der Waals surface area contributed by atoms with Gasteiger partial charge in [-0.2, -0.15) is 0 Å². The van der Waals surface area contributed by atoms with E-state index in [4.69, 9.17) is 37.5 Å². The number of rotatable bonds is 8. The Kier molecular flexibility index (Phi) is 10.3. The van der Waals surface area contributed by atoms with Gasteiger partial charge in [-0.1, -0.05) is 35.3 Å². The number of ether oxygens (including phenoxy) is 2. The molecule has 4 rings (SSSR count). The predicted octanol–water partition coefficient (Wildman–Crippen LogP) is 6.19. The molecule has 1 unspecified atom stereocenters. The summed E-state index contributed by atoms with van der Waals surface area (Å²) in [4.78, 5) is 37.8. The van der Waals surface area contributed by atoms with Crippen LogP contribution in [0.1, 0.15) is 36.7 Å². The van der Waals surface area contributed by atoms with E-state index in [1.165, 1.54) is 0 Å². The Hall–Kier alpha value is -3.92. The number of carboxylic acids is 1. The molecule has 0 aliphatic carbocycles. The Labute approximate surface area is 241 Å². The van der Waals surface area contributed by atoms with E-state index in [1.807, 2.05) is 20.8 Å². The number of hydrogen-bond acceptors (Lipinski definition) is 8. The van der Waals surface area contributed by atoms with Gasteiger partial charge in [0.1, 0.15) is 22.9 Å². The molecule has 1 heterocycles. The number of aromatic nitrogens is 1. The summed E-state index contributed by atoms with van der Waals surface area (Å²) in [6.07, 6.45) is 0.308. The molecule has 1 atom stereocenters. The number of halogens is 2. The molecule has 11 heteroatoms. The summed E-state index contributed by atoms with van der Waals surface area (Å²) in [5, 5.41) is 12.8. The lowest BCUT2D eigenvalue weighted by atomic mass is 10.1. The summed E-state index contributed by atoms with van der Waals surface area (Å²) >= 11 is 12.1. The maximum Gasteiger partial charge on any atom is 0.343 e. The van der Waals surface area contributed by atoms with Crippen molar-refractivity contribution in [1.29, 1.82) is 0 Å². The van der Waals surface area contributed by atoms with Crippen LogP contribution in [0.3, 0.4) is 0 Å². The normalized spacial score (nSPS) is 11.8. The second kappa shape index (κ2) is 13.4. The SMILES string of the molecule is CC(C)(C)OC=O.CNC(Cc1ccc(OC(=O)c2ccc3nc(-c4cc(Cl)cc(Cl)c4)oc3c2)cc1)C(=O)O. The Morgan fingerprint density at radius 2 is 1.70 bits per heavy atom. The summed E-state index contributed by atoms with van der Waals surface area (Å²) < 4.78 is 15.8. The first-order valence-corrected chi connectivity index (χ1v) is 12.8. The molecule has 9 nitrogen and oxygen atoms in total. The van der Waals surface area contributed by atoms with Gasteiger partial charge in [-0.3, -0.25) is 9.59 Å². The topological polar surface area (TPSA) is 128 Å². The van der Waals surface area contributed by atoms with Crippen LogP contribution in [0.25, 0.3) is 22.6 Å². The predicted molar refractivity (Wildman–Crippen MR) is 152 cm³/mol. The second-order valence-electron chi connectivity index (χ2n) is 9.60. The summed E-state index contributed by atoms with van der Waals surface area (Å²) in [7, 11) is 1.59. The van der Waals surface area contributed by atoms with E-state index < -0.39 is 18.0 Å². The minimum Gasteiger partial charge on any atom is -0.480 e. The van der Waals surface area contributed by atoms with Gasteiger partial charge in [-0.05, 0) is 88.3 Å². The molecule has 0 radical (unpaired) electrons. The fourth-order valence-electron chi connectivity index (χ4n) is 3.40. The third-order valence-corrected chi connectivity index (χ3v) is 5.79. The number of nitrogens with one attached hydrogen (secondary N) is 1. The number of fused-ring (bicyclic) bond motifs is 1. The van der Waals surface area contributed by atoms with Gasteiger partial charge in [0.25, 0.3) is 6.47 Å². The molecule has 0 bridgehead atoms. The van der Waals surface area contributed by atoms with Crippen molar-refractivity contribution in [2.75, 3.05) is 7.05 Å². The lowest BCUT2D eigenvalue weighted by molar-refractivity contribution is -0.140. The maximum absolute atomic E-state index is 12.6. The number of oxazole rings is 1. The van der Waals surface area contributed by atoms with Crippen molar-refractivity contribution in [3.63, 3.8) is 0 Å². The highest BCUT2D eigenvalue weighted by molar-refractivity contribution is 6.35. The quantitative estimate of drug-likeness (QED) is 0.141. The van der Waals surface area contributed by atoms with Crippen LogP contribution < -0.4 is 10.1 Å². The third kappa shape index (κ3) is 8.81. The Morgan fingerprint density at radius 3 is 2.23 bits per heavy atom. The van der Waals surface area contributed by atoms with E-state index in [2.05, 4.69) is 15.0 Å². The number of carboxylic acid groups (broad SMARTS) is 1. The molecule has 210 valence electrons. The standard InChI is InChI=1S/C24H18Cl2N2O5.C5H10O2/c1-27-20(23(29)30)8-13-2-5-18(6-3-13)32-24(31)14-4-7-19-21(11-14)33-22(28-19)15-9-16(25)12-17(26)10-15;1-5(2,3)7-4-6/h2-7,9-12,20,27H,8H2,1H3,(H,29,30);4H,1-3H3. The molecular formula is C29H28Cl2N2O7. The Morgan fingerprint density at radius 1 is 1.05 bits per heavy atom. The number of nitrogens with zero attached hydrogens (tertiary/aromatic N) is 1. The van der Waals surface area contributed by atoms with E-state index in [9.17, 15) is 14.4 Å². The van der Waals surface area contributed by atoms with Crippen LogP contribution in [0.4, 0.5) is 0 Å². The zero-order valence-electron chi connectivity index (χ0n) is 22.2. The van der Waals surface area contributed by atoms with Crippen molar-refractivity contribution in [2.45, 2.75) is 38.8 Å². The van der Waals surface area contributed by atoms with Crippen LogP contribution in [0.2, 0.25) is 10.0 Å². The fourth-order valence-corrected chi connectivity index (χ4v) is 3.93. The van der Waals surface area contributed by atoms with E-state index in [0.29, 0.717) is 56.8 Å². The number of hydrogen-bond donors (Lipinski definition) is 2. The first-order chi connectivity index (χ1) is 18.9. The third-order valence-electron chi connectivity index (χ3n) is 5.36. The average molecular weight is 587 g/mol. The lowest BCUT2D eigenvalue weighted by Crippen LogP contribution is -2.35. The van der Waals surface area contributed by atoms with Crippen molar-refractivity contribution in [1.82, 2.24) is 10.3 Å². The van der Waals surface area contributed by atoms with Gasteiger partial charge in [-0.25, -0.2) is 9.78 Å². The zero-order chi connectivity index (χ0) is 29.4. The number of benzene rings is 3. The molecule has 0 fully saturated rings. The summed E-state index contributed by atoms with van der Waals surface area (Å²) in [5.41, 5.74) is 2.38. The molecule has 0 saturated carbocycles. The van der Waals surface area contributed by atoms with Crippen LogP contribution in [-0.4, -0.2) is 47.2 Å². The molecule has 40 heavy (non-hydrogen) atoms. The van der Waals surface area contributed by atoms with Gasteiger partial charge >= 0.3 is 11.9 Å². The number of esters is 1. The lowest BCUT2D eigenvalue weighted by Gasteiger charge is -2.14. The molecule has 1 aromatic heterocycles. The number of carbonyl (C=O) groups is 3. The second-order valence-corrected chi connectivity index (χ2v) is 10.5. The van der Waals surface area contributed by atoms with Gasteiger partial charge in [0.05, 0.1) is 5.56 Å². The minimum absolute atomic E-state index is 0.291. The molecule has 0 amide bonds. The number of likely N-dealkylation sites (N-methyl/N-ethyl adjacent to an activating group) is 1. The summed E-state index contributed by atoms with van der Waals surface area (Å²) in [5.74, 6) is -0.826. The summed E-state index contributed by atoms with van der Waals surface area (Å²) in [6.45, 7) is 5.92. The fraction of sp³-hybridized carbons (Fsp3) is 0.241. The van der Waals surface area contributed by atoms with Crippen molar-refractivity contribution < 1.29 is 33.4 Å². The van der Waals surface area contributed by atoms with E-state index in [1.54, 1.807) is 67.7 Å². The van der Waals surface area contributed by atoms with E-state index in [0.717, 1.165) is 5.56 Å². The largest absolute Gasteiger partial charge is 0.480 e. The van der Waals surface area contributed by atoms with Gasteiger partial charge < -0.3 is 24.3 Å². The molecule has 0 spiro atoms. The summed E-state index contributed by atoms with van der Waals surface area (Å²) in [6, 6.07) is 15.8. The van der Waals surface area contributed by atoms with E-state index in [-0.39, 0.29) is 5.60 Å². The first kappa shape index (κ1) is 30.6. The van der Waals surface area contributed by atoms with Crippen LogP contribution in [-0.2, 0) is 20.7 Å². The van der Waals surface area contributed by atoms with Crippen molar-refractivity contribution in [3.8, 4) is 17.2 Å². The molecular weight excluding hydrogens is 559 g/mol. The smallest absolute Gasteiger partial charge is 0.343 e. The highest BCUT2D eigenvalue weighted by atomic mass is 35.5. The number of carbonyl (C=O) groups excluding carboxylic acids is 2. The van der Waals surface area contributed by atoms with Crippen LogP contribution in [0.5, 0.6) is 5.75 Å². The van der Waals surface area contributed by atoms with Crippen LogP contribution in [0, 0.1) is 0 Å². The zero-order valence-corrected chi connectivity index (χ0v) is 23.7. The number of aliphatic carboxylic acids is 1. The molecule has 0 aliphatic rings. The highest BCUT2D eigenvalue weighted by Crippen LogP contribution is 2.30. The molecule has 2 N–H and O–H groups in total. The van der Waals surface area contributed by atoms with Gasteiger partial charge in [0.2, 0.25) is 5.89 Å². The van der Waals surface area contributed by atoms with Crippen LogP contribution >= 0.6 is 23.2 Å².